The molecule has 1 aliphatic rings. The van der Waals surface area contributed by atoms with Crippen LogP contribution in [0.5, 0.6) is 0 Å². The predicted octanol–water partition coefficient (Wildman–Crippen LogP) is 3.11. The summed E-state index contributed by atoms with van der Waals surface area (Å²) < 4.78 is 1.89. The molecule has 1 saturated carbocycles. The number of aromatic carboxylic acids is 1. The summed E-state index contributed by atoms with van der Waals surface area (Å²) in [5.74, 6) is -0.123. The Kier molecular flexibility index (Phi) is 4.39. The Morgan fingerprint density at radius 3 is 2.78 bits per heavy atom. The number of aromatic nitrogens is 2. The van der Waals surface area contributed by atoms with Gasteiger partial charge in [-0.25, -0.2) is 4.79 Å². The average molecular weight is 250 g/mol. The van der Waals surface area contributed by atoms with Gasteiger partial charge in [0, 0.05) is 12.2 Å². The van der Waals surface area contributed by atoms with E-state index in [-0.39, 0.29) is 5.69 Å². The number of hydrogen-bond acceptors (Lipinski definition) is 2. The molecule has 0 atom stereocenters. The first-order chi connectivity index (χ1) is 8.70. The SMILES string of the molecule is CCc1cc(C(=O)O)nn1CCC1CCCCC1. The Balaban J connectivity index is 1.96. The van der Waals surface area contributed by atoms with Crippen LogP contribution in [0.2, 0.25) is 0 Å². The third-order valence-electron chi connectivity index (χ3n) is 3.92. The van der Waals surface area contributed by atoms with Crippen LogP contribution in [0.25, 0.3) is 0 Å². The van der Waals surface area contributed by atoms with E-state index in [2.05, 4.69) is 5.10 Å². The topological polar surface area (TPSA) is 55.1 Å². The number of carbonyl (C=O) groups is 1. The molecule has 0 unspecified atom stereocenters. The summed E-state index contributed by atoms with van der Waals surface area (Å²) in [7, 11) is 0. The molecule has 1 heterocycles. The van der Waals surface area contributed by atoms with Gasteiger partial charge in [0.1, 0.15) is 0 Å². The number of nitrogens with zero attached hydrogens (tertiary/aromatic N) is 2. The molecule has 4 heteroatoms. The highest BCUT2D eigenvalue weighted by atomic mass is 16.4. The zero-order valence-corrected chi connectivity index (χ0v) is 11.1. The van der Waals surface area contributed by atoms with Gasteiger partial charge in [-0.3, -0.25) is 4.68 Å². The van der Waals surface area contributed by atoms with Crippen molar-refractivity contribution < 1.29 is 9.90 Å². The minimum atomic E-state index is -0.930. The highest BCUT2D eigenvalue weighted by Gasteiger charge is 2.16. The molecule has 4 nitrogen and oxygen atoms in total. The number of aryl methyl sites for hydroxylation is 2. The largest absolute Gasteiger partial charge is 0.476 e. The normalized spacial score (nSPS) is 16.9. The second kappa shape index (κ2) is 6.03. The summed E-state index contributed by atoms with van der Waals surface area (Å²) in [5, 5.41) is 13.1. The standard InChI is InChI=1S/C14H22N2O2/c1-2-12-10-13(14(17)18)15-16(12)9-8-11-6-4-3-5-7-11/h10-11H,2-9H2,1H3,(H,17,18). The zero-order valence-electron chi connectivity index (χ0n) is 11.1. The Hall–Kier alpha value is -1.32. The van der Waals surface area contributed by atoms with Crippen molar-refractivity contribution in [2.24, 2.45) is 5.92 Å². The fourth-order valence-electron chi connectivity index (χ4n) is 2.82. The van der Waals surface area contributed by atoms with Crippen LogP contribution in [0.15, 0.2) is 6.07 Å². The molecular weight excluding hydrogens is 228 g/mol. The average Bonchev–Trinajstić information content (AvgIpc) is 2.81. The van der Waals surface area contributed by atoms with Crippen LogP contribution in [0.3, 0.4) is 0 Å². The number of hydrogen-bond donors (Lipinski definition) is 1. The van der Waals surface area contributed by atoms with Gasteiger partial charge in [-0.15, -0.1) is 0 Å². The molecule has 0 saturated heterocycles. The quantitative estimate of drug-likeness (QED) is 0.873. The van der Waals surface area contributed by atoms with Crippen LogP contribution in [0, 0.1) is 5.92 Å². The molecule has 1 aromatic rings. The first-order valence-corrected chi connectivity index (χ1v) is 7.00. The van der Waals surface area contributed by atoms with Crippen molar-refractivity contribution in [1.82, 2.24) is 9.78 Å². The van der Waals surface area contributed by atoms with Crippen molar-refractivity contribution >= 4 is 5.97 Å². The smallest absolute Gasteiger partial charge is 0.356 e. The van der Waals surface area contributed by atoms with Crippen LogP contribution < -0.4 is 0 Å². The van der Waals surface area contributed by atoms with E-state index < -0.39 is 5.97 Å². The second-order valence-electron chi connectivity index (χ2n) is 5.20. The Bertz CT molecular complexity index is 406. The first-order valence-electron chi connectivity index (χ1n) is 7.00. The lowest BCUT2D eigenvalue weighted by Gasteiger charge is -2.21. The fourth-order valence-corrected chi connectivity index (χ4v) is 2.82. The van der Waals surface area contributed by atoms with Crippen molar-refractivity contribution in [2.45, 2.75) is 58.4 Å². The van der Waals surface area contributed by atoms with E-state index in [4.69, 9.17) is 5.11 Å². The fraction of sp³-hybridized carbons (Fsp3) is 0.714. The highest BCUT2D eigenvalue weighted by molar-refractivity contribution is 5.85. The molecule has 0 bridgehead atoms. The van der Waals surface area contributed by atoms with Gasteiger partial charge in [0.15, 0.2) is 5.69 Å². The van der Waals surface area contributed by atoms with Crippen LogP contribution in [-0.4, -0.2) is 20.9 Å². The third kappa shape index (κ3) is 3.12. The molecule has 0 radical (unpaired) electrons. The number of carboxylic acid groups (broad SMARTS) is 1. The van der Waals surface area contributed by atoms with Gasteiger partial charge in [0.05, 0.1) is 0 Å². The molecule has 1 aromatic heterocycles. The molecule has 100 valence electrons. The summed E-state index contributed by atoms with van der Waals surface area (Å²) in [4.78, 5) is 10.9. The van der Waals surface area contributed by atoms with E-state index in [1.54, 1.807) is 6.07 Å². The molecule has 0 amide bonds. The Morgan fingerprint density at radius 1 is 1.44 bits per heavy atom. The summed E-state index contributed by atoms with van der Waals surface area (Å²) in [6.45, 7) is 2.90. The minimum Gasteiger partial charge on any atom is -0.476 e. The number of carboxylic acids is 1. The molecule has 1 fully saturated rings. The van der Waals surface area contributed by atoms with Gasteiger partial charge < -0.3 is 5.11 Å². The van der Waals surface area contributed by atoms with E-state index >= 15 is 0 Å². The maximum absolute atomic E-state index is 10.9. The van der Waals surface area contributed by atoms with E-state index in [0.717, 1.165) is 31.0 Å². The lowest BCUT2D eigenvalue weighted by Crippen LogP contribution is -2.12. The highest BCUT2D eigenvalue weighted by Crippen LogP contribution is 2.26. The van der Waals surface area contributed by atoms with Crippen molar-refractivity contribution in [3.05, 3.63) is 17.5 Å². The van der Waals surface area contributed by atoms with Gasteiger partial charge in [0.2, 0.25) is 0 Å². The molecule has 0 aliphatic heterocycles. The Labute approximate surface area is 108 Å². The Morgan fingerprint density at radius 2 is 2.17 bits per heavy atom. The molecule has 1 aliphatic carbocycles. The van der Waals surface area contributed by atoms with Crippen LogP contribution in [0.1, 0.15) is 61.6 Å². The molecule has 1 N–H and O–H groups in total. The van der Waals surface area contributed by atoms with Crippen LogP contribution in [-0.2, 0) is 13.0 Å². The maximum Gasteiger partial charge on any atom is 0.356 e. The van der Waals surface area contributed by atoms with Crippen molar-refractivity contribution in [2.75, 3.05) is 0 Å². The molecule has 0 spiro atoms. The van der Waals surface area contributed by atoms with E-state index in [1.807, 2.05) is 11.6 Å². The number of rotatable bonds is 5. The van der Waals surface area contributed by atoms with Gasteiger partial charge in [-0.2, -0.15) is 5.10 Å². The second-order valence-corrected chi connectivity index (χ2v) is 5.20. The van der Waals surface area contributed by atoms with Crippen molar-refractivity contribution in [3.8, 4) is 0 Å². The first kappa shape index (κ1) is 13.1. The molecule has 2 rings (SSSR count). The van der Waals surface area contributed by atoms with Gasteiger partial charge >= 0.3 is 5.97 Å². The van der Waals surface area contributed by atoms with Crippen molar-refractivity contribution in [1.29, 1.82) is 0 Å². The maximum atomic E-state index is 10.9. The van der Waals surface area contributed by atoms with E-state index in [9.17, 15) is 4.79 Å². The minimum absolute atomic E-state index is 0.176. The predicted molar refractivity (Wildman–Crippen MR) is 69.8 cm³/mol. The van der Waals surface area contributed by atoms with Crippen LogP contribution >= 0.6 is 0 Å². The monoisotopic (exact) mass is 250 g/mol. The lowest BCUT2D eigenvalue weighted by atomic mass is 9.87. The summed E-state index contributed by atoms with van der Waals surface area (Å²) in [5.41, 5.74) is 1.21. The van der Waals surface area contributed by atoms with E-state index in [1.165, 1.54) is 32.1 Å². The van der Waals surface area contributed by atoms with E-state index in [0.29, 0.717) is 0 Å². The summed E-state index contributed by atoms with van der Waals surface area (Å²) >= 11 is 0. The summed E-state index contributed by atoms with van der Waals surface area (Å²) in [6, 6.07) is 1.70. The molecule has 0 aromatic carbocycles. The summed E-state index contributed by atoms with van der Waals surface area (Å²) in [6.07, 6.45) is 8.71. The van der Waals surface area contributed by atoms with Gasteiger partial charge in [-0.05, 0) is 24.8 Å². The lowest BCUT2D eigenvalue weighted by molar-refractivity contribution is 0.0689. The van der Waals surface area contributed by atoms with Crippen LogP contribution in [0.4, 0.5) is 0 Å². The van der Waals surface area contributed by atoms with Gasteiger partial charge in [-0.1, -0.05) is 39.0 Å². The third-order valence-corrected chi connectivity index (χ3v) is 3.92. The van der Waals surface area contributed by atoms with Crippen molar-refractivity contribution in [3.63, 3.8) is 0 Å². The molecule has 18 heavy (non-hydrogen) atoms. The molecular formula is C14H22N2O2. The zero-order chi connectivity index (χ0) is 13.0. The van der Waals surface area contributed by atoms with Gasteiger partial charge in [0.25, 0.3) is 0 Å².